The van der Waals surface area contributed by atoms with Crippen LogP contribution in [0.5, 0.6) is 0 Å². The van der Waals surface area contributed by atoms with E-state index in [4.69, 9.17) is 0 Å². The minimum absolute atomic E-state index is 0.0691. The van der Waals surface area contributed by atoms with Crippen molar-refractivity contribution in [1.82, 2.24) is 5.32 Å². The van der Waals surface area contributed by atoms with Crippen LogP contribution in [0.25, 0.3) is 0 Å². The average Bonchev–Trinajstić information content (AvgIpc) is 2.84. The van der Waals surface area contributed by atoms with E-state index in [0.29, 0.717) is 0 Å². The molecule has 0 radical (unpaired) electrons. The molecular weight excluding hydrogens is 317 g/mol. The van der Waals surface area contributed by atoms with E-state index < -0.39 is 0 Å². The smallest absolute Gasteiger partial charge is 0.126 e. The van der Waals surface area contributed by atoms with Crippen LogP contribution in [0.1, 0.15) is 42.1 Å². The monoisotopic (exact) mass is 333 g/mol. The summed E-state index contributed by atoms with van der Waals surface area (Å²) in [4.78, 5) is 0. The molecule has 0 fully saturated rings. The predicted octanol–water partition coefficient (Wildman–Crippen LogP) is 4.93. The van der Waals surface area contributed by atoms with Gasteiger partial charge in [-0.1, -0.05) is 46.3 Å². The van der Waals surface area contributed by atoms with Gasteiger partial charge in [0.25, 0.3) is 0 Å². The summed E-state index contributed by atoms with van der Waals surface area (Å²) in [7, 11) is 0. The fourth-order valence-electron chi connectivity index (χ4n) is 3.00. The number of hydrogen-bond acceptors (Lipinski definition) is 1. The van der Waals surface area contributed by atoms with Crippen LogP contribution in [-0.2, 0) is 6.42 Å². The molecule has 3 heteroatoms. The van der Waals surface area contributed by atoms with Crippen LogP contribution in [0.4, 0.5) is 4.39 Å². The first kappa shape index (κ1) is 13.8. The summed E-state index contributed by atoms with van der Waals surface area (Å²) in [6, 6.07) is 14.1. The molecule has 0 spiro atoms. The van der Waals surface area contributed by atoms with Crippen molar-refractivity contribution in [3.05, 3.63) is 69.4 Å². The molecule has 0 saturated heterocycles. The fraction of sp³-hybridized carbons (Fsp3) is 0.294. The van der Waals surface area contributed by atoms with Gasteiger partial charge in [0.15, 0.2) is 0 Å². The fourth-order valence-corrected chi connectivity index (χ4v) is 3.63. The Morgan fingerprint density at radius 3 is 2.80 bits per heavy atom. The van der Waals surface area contributed by atoms with Gasteiger partial charge in [-0.25, -0.2) is 4.39 Å². The second-order valence-electron chi connectivity index (χ2n) is 5.31. The number of hydrogen-bond donors (Lipinski definition) is 1. The lowest BCUT2D eigenvalue weighted by Gasteiger charge is -2.21. The third-order valence-corrected chi connectivity index (χ3v) is 4.76. The molecule has 0 amide bonds. The molecule has 3 rings (SSSR count). The summed E-state index contributed by atoms with van der Waals surface area (Å²) in [6.45, 7) is 2.15. The van der Waals surface area contributed by atoms with E-state index in [1.165, 1.54) is 5.56 Å². The highest BCUT2D eigenvalue weighted by atomic mass is 79.9. The molecule has 0 aromatic heterocycles. The molecule has 1 nitrogen and oxygen atoms in total. The van der Waals surface area contributed by atoms with Crippen LogP contribution in [0.2, 0.25) is 0 Å². The molecule has 0 aliphatic heterocycles. The van der Waals surface area contributed by atoms with E-state index in [9.17, 15) is 4.39 Å². The summed E-state index contributed by atoms with van der Waals surface area (Å²) in [5, 5.41) is 3.62. The van der Waals surface area contributed by atoms with Crippen LogP contribution in [0.3, 0.4) is 0 Å². The molecule has 1 aliphatic carbocycles. The predicted molar refractivity (Wildman–Crippen MR) is 83.2 cm³/mol. The van der Waals surface area contributed by atoms with Crippen molar-refractivity contribution in [2.24, 2.45) is 0 Å². The van der Waals surface area contributed by atoms with Crippen LogP contribution in [0.15, 0.2) is 46.9 Å². The molecule has 1 aliphatic rings. The largest absolute Gasteiger partial charge is 0.303 e. The van der Waals surface area contributed by atoms with Gasteiger partial charge >= 0.3 is 0 Å². The van der Waals surface area contributed by atoms with Gasteiger partial charge in [-0.15, -0.1) is 0 Å². The molecule has 2 aromatic carbocycles. The van der Waals surface area contributed by atoms with Gasteiger partial charge in [0, 0.05) is 16.6 Å². The van der Waals surface area contributed by atoms with Crippen LogP contribution in [-0.4, -0.2) is 0 Å². The van der Waals surface area contributed by atoms with E-state index in [-0.39, 0.29) is 17.9 Å². The molecule has 104 valence electrons. The summed E-state index contributed by atoms with van der Waals surface area (Å²) in [5.74, 6) is -0.0691. The maximum Gasteiger partial charge on any atom is 0.126 e. The number of fused-ring (bicyclic) bond motifs is 1. The highest BCUT2D eigenvalue weighted by Gasteiger charge is 2.26. The second-order valence-corrected chi connectivity index (χ2v) is 6.16. The Morgan fingerprint density at radius 1 is 1.20 bits per heavy atom. The molecule has 2 atom stereocenters. The normalized spacial score (nSPS) is 18.9. The highest BCUT2D eigenvalue weighted by Crippen LogP contribution is 2.35. The minimum atomic E-state index is -0.0691. The summed E-state index contributed by atoms with van der Waals surface area (Å²) in [5.41, 5.74) is 3.23. The first-order valence-corrected chi connectivity index (χ1v) is 7.74. The van der Waals surface area contributed by atoms with Gasteiger partial charge < -0.3 is 5.32 Å². The van der Waals surface area contributed by atoms with Gasteiger partial charge in [0.05, 0.1) is 0 Å². The second kappa shape index (κ2) is 5.66. The van der Waals surface area contributed by atoms with Gasteiger partial charge in [-0.3, -0.25) is 0 Å². The molecule has 0 bridgehead atoms. The zero-order valence-electron chi connectivity index (χ0n) is 11.4. The van der Waals surface area contributed by atoms with Crippen molar-refractivity contribution < 1.29 is 4.39 Å². The van der Waals surface area contributed by atoms with Crippen molar-refractivity contribution >= 4 is 15.9 Å². The Morgan fingerprint density at radius 2 is 2.00 bits per heavy atom. The molecule has 0 saturated carbocycles. The topological polar surface area (TPSA) is 12.0 Å². The molecule has 20 heavy (non-hydrogen) atoms. The first-order chi connectivity index (χ1) is 9.66. The summed E-state index contributed by atoms with van der Waals surface area (Å²) < 4.78 is 14.9. The standard InChI is InChI=1S/C17H17BrFN/c1-11(12-5-2-3-7-15(12)18)20-17-10-9-13-14(17)6-4-8-16(13)19/h2-8,11,17,20H,9-10H2,1H3/t11-,17?/m1/s1. The average molecular weight is 334 g/mol. The Bertz CT molecular complexity index is 626. The van der Waals surface area contributed by atoms with Gasteiger partial charge in [0.1, 0.15) is 5.82 Å². The number of rotatable bonds is 3. The van der Waals surface area contributed by atoms with Crippen molar-refractivity contribution in [3.8, 4) is 0 Å². The number of benzene rings is 2. The third-order valence-electron chi connectivity index (χ3n) is 4.04. The SMILES string of the molecule is C[C@@H](NC1CCc2c(F)cccc21)c1ccccc1Br. The Balaban J connectivity index is 1.81. The number of halogens is 2. The van der Waals surface area contributed by atoms with E-state index in [1.807, 2.05) is 18.2 Å². The first-order valence-electron chi connectivity index (χ1n) is 6.94. The van der Waals surface area contributed by atoms with Crippen molar-refractivity contribution in [1.29, 1.82) is 0 Å². The van der Waals surface area contributed by atoms with E-state index in [1.54, 1.807) is 12.1 Å². The molecule has 0 heterocycles. The van der Waals surface area contributed by atoms with Gasteiger partial charge in [0.2, 0.25) is 0 Å². The maximum atomic E-state index is 13.8. The molecule has 2 aromatic rings. The van der Waals surface area contributed by atoms with Crippen LogP contribution < -0.4 is 5.32 Å². The molecular formula is C17H17BrFN. The van der Waals surface area contributed by atoms with Crippen molar-refractivity contribution in [2.75, 3.05) is 0 Å². The van der Waals surface area contributed by atoms with Crippen LogP contribution in [0, 0.1) is 5.82 Å². The zero-order chi connectivity index (χ0) is 14.1. The van der Waals surface area contributed by atoms with Crippen molar-refractivity contribution in [3.63, 3.8) is 0 Å². The van der Waals surface area contributed by atoms with Gasteiger partial charge in [-0.2, -0.15) is 0 Å². The Kier molecular flexibility index (Phi) is 3.90. The maximum absolute atomic E-state index is 13.8. The molecule has 1 unspecified atom stereocenters. The molecule has 1 N–H and O–H groups in total. The summed E-state index contributed by atoms with van der Waals surface area (Å²) >= 11 is 3.59. The van der Waals surface area contributed by atoms with E-state index in [2.05, 4.69) is 40.3 Å². The van der Waals surface area contributed by atoms with E-state index >= 15 is 0 Å². The number of nitrogens with one attached hydrogen (secondary N) is 1. The highest BCUT2D eigenvalue weighted by molar-refractivity contribution is 9.10. The lowest BCUT2D eigenvalue weighted by molar-refractivity contribution is 0.464. The van der Waals surface area contributed by atoms with Crippen LogP contribution >= 0.6 is 15.9 Å². The Hall–Kier alpha value is -1.19. The minimum Gasteiger partial charge on any atom is -0.303 e. The lowest BCUT2D eigenvalue weighted by Crippen LogP contribution is -2.23. The summed E-state index contributed by atoms with van der Waals surface area (Å²) in [6.07, 6.45) is 1.79. The lowest BCUT2D eigenvalue weighted by atomic mass is 10.0. The van der Waals surface area contributed by atoms with Crippen molar-refractivity contribution in [2.45, 2.75) is 31.8 Å². The Labute approximate surface area is 127 Å². The third kappa shape index (κ3) is 2.52. The zero-order valence-corrected chi connectivity index (χ0v) is 13.0. The van der Waals surface area contributed by atoms with Gasteiger partial charge in [-0.05, 0) is 48.6 Å². The quantitative estimate of drug-likeness (QED) is 0.839. The van der Waals surface area contributed by atoms with E-state index in [0.717, 1.165) is 28.4 Å².